The fourth-order valence-corrected chi connectivity index (χ4v) is 1.71. The molecule has 0 aliphatic carbocycles. The van der Waals surface area contributed by atoms with Gasteiger partial charge >= 0.3 is 0 Å². The SMILES string of the molecule is CCN(CC)C(=O)c1ccc(NC(=O)C(C)(C)C)cc1. The molecule has 20 heavy (non-hydrogen) atoms. The van der Waals surface area contributed by atoms with Crippen LogP contribution in [0.4, 0.5) is 5.69 Å². The summed E-state index contributed by atoms with van der Waals surface area (Å²) in [4.78, 5) is 25.8. The van der Waals surface area contributed by atoms with Crippen molar-refractivity contribution in [2.24, 2.45) is 5.41 Å². The van der Waals surface area contributed by atoms with Gasteiger partial charge in [-0.2, -0.15) is 0 Å². The Kier molecular flexibility index (Phi) is 5.31. The predicted molar refractivity (Wildman–Crippen MR) is 81.8 cm³/mol. The van der Waals surface area contributed by atoms with Gasteiger partial charge in [-0.1, -0.05) is 20.8 Å². The molecule has 4 heteroatoms. The van der Waals surface area contributed by atoms with Crippen molar-refractivity contribution >= 4 is 17.5 Å². The second-order valence-corrected chi connectivity index (χ2v) is 5.76. The Labute approximate surface area is 121 Å². The molecule has 0 heterocycles. The maximum absolute atomic E-state index is 12.1. The molecule has 0 aliphatic heterocycles. The molecule has 0 aromatic heterocycles. The molecule has 0 saturated carbocycles. The Morgan fingerprint density at radius 3 is 1.95 bits per heavy atom. The van der Waals surface area contributed by atoms with Crippen molar-refractivity contribution in [3.63, 3.8) is 0 Å². The van der Waals surface area contributed by atoms with Gasteiger partial charge in [0.05, 0.1) is 0 Å². The van der Waals surface area contributed by atoms with Gasteiger partial charge in [-0.05, 0) is 38.1 Å². The monoisotopic (exact) mass is 276 g/mol. The number of anilines is 1. The number of rotatable bonds is 4. The summed E-state index contributed by atoms with van der Waals surface area (Å²) < 4.78 is 0. The van der Waals surface area contributed by atoms with Crippen LogP contribution in [0, 0.1) is 5.41 Å². The highest BCUT2D eigenvalue weighted by molar-refractivity contribution is 5.97. The minimum atomic E-state index is -0.435. The lowest BCUT2D eigenvalue weighted by atomic mass is 9.95. The normalized spacial score (nSPS) is 11.1. The molecule has 1 aromatic carbocycles. The lowest BCUT2D eigenvalue weighted by molar-refractivity contribution is -0.123. The molecule has 0 saturated heterocycles. The van der Waals surface area contributed by atoms with Crippen LogP contribution in [0.2, 0.25) is 0 Å². The van der Waals surface area contributed by atoms with Crippen LogP contribution in [0.3, 0.4) is 0 Å². The van der Waals surface area contributed by atoms with Gasteiger partial charge in [0, 0.05) is 29.8 Å². The van der Waals surface area contributed by atoms with E-state index in [1.807, 2.05) is 34.6 Å². The molecule has 0 fully saturated rings. The van der Waals surface area contributed by atoms with Crippen LogP contribution < -0.4 is 5.32 Å². The van der Waals surface area contributed by atoms with Gasteiger partial charge in [0.15, 0.2) is 0 Å². The minimum absolute atomic E-state index is 0.0173. The molecular formula is C16H24N2O2. The lowest BCUT2D eigenvalue weighted by Gasteiger charge is -2.19. The molecule has 4 nitrogen and oxygen atoms in total. The molecule has 110 valence electrons. The Balaban J connectivity index is 2.79. The van der Waals surface area contributed by atoms with Crippen molar-refractivity contribution in [1.82, 2.24) is 4.90 Å². The summed E-state index contributed by atoms with van der Waals surface area (Å²) >= 11 is 0. The molecular weight excluding hydrogens is 252 g/mol. The summed E-state index contributed by atoms with van der Waals surface area (Å²) in [5.41, 5.74) is 0.916. The van der Waals surface area contributed by atoms with Crippen LogP contribution in [0.15, 0.2) is 24.3 Å². The van der Waals surface area contributed by atoms with Crippen LogP contribution in [-0.2, 0) is 4.79 Å². The van der Waals surface area contributed by atoms with E-state index in [9.17, 15) is 9.59 Å². The summed E-state index contributed by atoms with van der Waals surface area (Å²) in [6.07, 6.45) is 0. The number of nitrogens with one attached hydrogen (secondary N) is 1. The maximum atomic E-state index is 12.1. The fraction of sp³-hybridized carbons (Fsp3) is 0.500. The minimum Gasteiger partial charge on any atom is -0.339 e. The molecule has 0 spiro atoms. The first-order chi connectivity index (χ1) is 9.29. The van der Waals surface area contributed by atoms with Crippen LogP contribution in [0.5, 0.6) is 0 Å². The third-order valence-electron chi connectivity index (χ3n) is 3.12. The zero-order valence-electron chi connectivity index (χ0n) is 13.0. The van der Waals surface area contributed by atoms with Gasteiger partial charge in [-0.3, -0.25) is 9.59 Å². The maximum Gasteiger partial charge on any atom is 0.253 e. The lowest BCUT2D eigenvalue weighted by Crippen LogP contribution is -2.30. The quantitative estimate of drug-likeness (QED) is 0.918. The second-order valence-electron chi connectivity index (χ2n) is 5.76. The van der Waals surface area contributed by atoms with Gasteiger partial charge in [0.2, 0.25) is 5.91 Å². The zero-order chi connectivity index (χ0) is 15.3. The number of benzene rings is 1. The van der Waals surface area contributed by atoms with Crippen LogP contribution in [-0.4, -0.2) is 29.8 Å². The van der Waals surface area contributed by atoms with E-state index in [1.54, 1.807) is 29.2 Å². The van der Waals surface area contributed by atoms with Crippen molar-refractivity contribution in [3.05, 3.63) is 29.8 Å². The van der Waals surface area contributed by atoms with E-state index >= 15 is 0 Å². The Morgan fingerprint density at radius 1 is 1.05 bits per heavy atom. The van der Waals surface area contributed by atoms with Crippen molar-refractivity contribution < 1.29 is 9.59 Å². The average Bonchev–Trinajstić information content (AvgIpc) is 2.39. The smallest absolute Gasteiger partial charge is 0.253 e. The number of hydrogen-bond donors (Lipinski definition) is 1. The van der Waals surface area contributed by atoms with Crippen LogP contribution in [0.1, 0.15) is 45.0 Å². The van der Waals surface area contributed by atoms with E-state index < -0.39 is 5.41 Å². The first-order valence-electron chi connectivity index (χ1n) is 7.00. The van der Waals surface area contributed by atoms with E-state index in [-0.39, 0.29) is 11.8 Å². The fourth-order valence-electron chi connectivity index (χ4n) is 1.71. The van der Waals surface area contributed by atoms with E-state index in [2.05, 4.69) is 5.32 Å². The molecule has 2 amide bonds. The number of nitrogens with zero attached hydrogens (tertiary/aromatic N) is 1. The second kappa shape index (κ2) is 6.55. The Bertz CT molecular complexity index is 468. The molecule has 0 atom stereocenters. The summed E-state index contributed by atoms with van der Waals surface area (Å²) in [7, 11) is 0. The number of amides is 2. The highest BCUT2D eigenvalue weighted by Gasteiger charge is 2.21. The van der Waals surface area contributed by atoms with Crippen molar-refractivity contribution in [3.8, 4) is 0 Å². The highest BCUT2D eigenvalue weighted by Crippen LogP contribution is 2.18. The molecule has 1 rings (SSSR count). The Hall–Kier alpha value is -1.84. The predicted octanol–water partition coefficient (Wildman–Crippen LogP) is 3.15. The van der Waals surface area contributed by atoms with Crippen LogP contribution in [0.25, 0.3) is 0 Å². The van der Waals surface area contributed by atoms with Gasteiger partial charge in [-0.15, -0.1) is 0 Å². The molecule has 0 unspecified atom stereocenters. The van der Waals surface area contributed by atoms with Gasteiger partial charge in [-0.25, -0.2) is 0 Å². The summed E-state index contributed by atoms with van der Waals surface area (Å²) in [5, 5.41) is 2.84. The van der Waals surface area contributed by atoms with Crippen molar-refractivity contribution in [1.29, 1.82) is 0 Å². The molecule has 1 aromatic rings. The topological polar surface area (TPSA) is 49.4 Å². The molecule has 0 radical (unpaired) electrons. The number of carbonyl (C=O) groups is 2. The summed E-state index contributed by atoms with van der Waals surface area (Å²) in [6.45, 7) is 10.9. The standard InChI is InChI=1S/C16H24N2O2/c1-6-18(7-2)14(19)12-8-10-13(11-9-12)17-15(20)16(3,4)5/h8-11H,6-7H2,1-5H3,(H,17,20). The number of hydrogen-bond acceptors (Lipinski definition) is 2. The Morgan fingerprint density at radius 2 is 1.55 bits per heavy atom. The number of carbonyl (C=O) groups excluding carboxylic acids is 2. The molecule has 1 N–H and O–H groups in total. The van der Waals surface area contributed by atoms with Crippen molar-refractivity contribution in [2.45, 2.75) is 34.6 Å². The van der Waals surface area contributed by atoms with E-state index in [4.69, 9.17) is 0 Å². The first kappa shape index (κ1) is 16.2. The molecule has 0 aliphatic rings. The van der Waals surface area contributed by atoms with Crippen LogP contribution >= 0.6 is 0 Å². The highest BCUT2D eigenvalue weighted by atomic mass is 16.2. The van der Waals surface area contributed by atoms with E-state index in [0.717, 1.165) is 0 Å². The van der Waals surface area contributed by atoms with Gasteiger partial charge in [0.25, 0.3) is 5.91 Å². The van der Waals surface area contributed by atoms with Gasteiger partial charge < -0.3 is 10.2 Å². The largest absolute Gasteiger partial charge is 0.339 e. The summed E-state index contributed by atoms with van der Waals surface area (Å²) in [6, 6.07) is 7.03. The summed E-state index contributed by atoms with van der Waals surface area (Å²) in [5.74, 6) is -0.0241. The van der Waals surface area contributed by atoms with Crippen molar-refractivity contribution in [2.75, 3.05) is 18.4 Å². The van der Waals surface area contributed by atoms with E-state index in [1.165, 1.54) is 0 Å². The van der Waals surface area contributed by atoms with Gasteiger partial charge in [0.1, 0.15) is 0 Å². The third kappa shape index (κ3) is 4.08. The van der Waals surface area contributed by atoms with E-state index in [0.29, 0.717) is 24.3 Å². The average molecular weight is 276 g/mol. The zero-order valence-corrected chi connectivity index (χ0v) is 13.0. The molecule has 0 bridgehead atoms. The third-order valence-corrected chi connectivity index (χ3v) is 3.12. The first-order valence-corrected chi connectivity index (χ1v) is 7.00.